The Kier molecular flexibility index (Phi) is 6.18. The van der Waals surface area contributed by atoms with E-state index in [1.807, 2.05) is 32.0 Å². The van der Waals surface area contributed by atoms with Gasteiger partial charge in [0, 0.05) is 12.7 Å². The predicted octanol–water partition coefficient (Wildman–Crippen LogP) is 1.46. The summed E-state index contributed by atoms with van der Waals surface area (Å²) in [6, 6.07) is 8.58. The molecule has 3 N–H and O–H groups in total. The number of benzene rings is 1. The van der Waals surface area contributed by atoms with Crippen LogP contribution in [0.5, 0.6) is 0 Å². The SMILES string of the molecule is CC[C@H](C)[C@H](N)C(=O)N(C)CC(=O)Nc1ccccc1. The lowest BCUT2D eigenvalue weighted by Gasteiger charge is -2.24. The van der Waals surface area contributed by atoms with Crippen molar-refractivity contribution in [1.29, 1.82) is 0 Å². The lowest BCUT2D eigenvalue weighted by Crippen LogP contribution is -2.47. The maximum Gasteiger partial charge on any atom is 0.243 e. The average molecular weight is 277 g/mol. The molecule has 0 aliphatic carbocycles. The summed E-state index contributed by atoms with van der Waals surface area (Å²) < 4.78 is 0. The summed E-state index contributed by atoms with van der Waals surface area (Å²) in [5.74, 6) is -0.340. The van der Waals surface area contributed by atoms with Crippen molar-refractivity contribution in [3.63, 3.8) is 0 Å². The highest BCUT2D eigenvalue weighted by atomic mass is 16.2. The minimum atomic E-state index is -0.561. The quantitative estimate of drug-likeness (QED) is 0.826. The number of rotatable bonds is 6. The zero-order valence-electron chi connectivity index (χ0n) is 12.3. The Balaban J connectivity index is 2.51. The van der Waals surface area contributed by atoms with E-state index in [2.05, 4.69) is 5.32 Å². The molecule has 0 bridgehead atoms. The Labute approximate surface area is 120 Å². The first-order valence-corrected chi connectivity index (χ1v) is 6.81. The second-order valence-corrected chi connectivity index (χ2v) is 5.02. The van der Waals surface area contributed by atoms with Crippen LogP contribution in [0.3, 0.4) is 0 Å². The lowest BCUT2D eigenvalue weighted by molar-refractivity contribution is -0.135. The highest BCUT2D eigenvalue weighted by molar-refractivity contribution is 5.95. The van der Waals surface area contributed by atoms with Gasteiger partial charge in [0.1, 0.15) is 0 Å². The molecule has 2 atom stereocenters. The first-order valence-electron chi connectivity index (χ1n) is 6.81. The third kappa shape index (κ3) is 4.66. The van der Waals surface area contributed by atoms with E-state index in [0.717, 1.165) is 6.42 Å². The number of nitrogens with zero attached hydrogens (tertiary/aromatic N) is 1. The molecular formula is C15H23N3O2. The van der Waals surface area contributed by atoms with Gasteiger partial charge in [-0.05, 0) is 18.1 Å². The topological polar surface area (TPSA) is 75.4 Å². The van der Waals surface area contributed by atoms with E-state index >= 15 is 0 Å². The summed E-state index contributed by atoms with van der Waals surface area (Å²) in [6.45, 7) is 3.91. The predicted molar refractivity (Wildman–Crippen MR) is 80.1 cm³/mol. The standard InChI is InChI=1S/C15H23N3O2/c1-4-11(2)14(16)15(20)18(3)10-13(19)17-12-8-6-5-7-9-12/h5-9,11,14H,4,10,16H2,1-3H3,(H,17,19)/t11-,14-/m0/s1. The summed E-state index contributed by atoms with van der Waals surface area (Å²) in [6.07, 6.45) is 0.830. The van der Waals surface area contributed by atoms with Crippen LogP contribution < -0.4 is 11.1 Å². The molecule has 0 fully saturated rings. The van der Waals surface area contributed by atoms with E-state index in [0.29, 0.717) is 5.69 Å². The van der Waals surface area contributed by atoms with Crippen LogP contribution in [0.4, 0.5) is 5.69 Å². The normalized spacial score (nSPS) is 13.4. The Morgan fingerprint density at radius 3 is 2.45 bits per heavy atom. The van der Waals surface area contributed by atoms with Crippen LogP contribution in [-0.4, -0.2) is 36.3 Å². The van der Waals surface area contributed by atoms with Crippen LogP contribution >= 0.6 is 0 Å². The van der Waals surface area contributed by atoms with Crippen LogP contribution in [0.1, 0.15) is 20.3 Å². The molecule has 0 radical (unpaired) electrons. The average Bonchev–Trinajstić information content (AvgIpc) is 2.45. The van der Waals surface area contributed by atoms with E-state index in [9.17, 15) is 9.59 Å². The lowest BCUT2D eigenvalue weighted by atomic mass is 9.99. The van der Waals surface area contributed by atoms with Crippen molar-refractivity contribution >= 4 is 17.5 Å². The summed E-state index contributed by atoms with van der Waals surface area (Å²) in [5.41, 5.74) is 6.59. The molecule has 20 heavy (non-hydrogen) atoms. The van der Waals surface area contributed by atoms with Crippen LogP contribution in [0.2, 0.25) is 0 Å². The molecule has 1 rings (SSSR count). The summed E-state index contributed by atoms with van der Waals surface area (Å²) in [5, 5.41) is 2.74. The van der Waals surface area contributed by atoms with Gasteiger partial charge in [-0.25, -0.2) is 0 Å². The van der Waals surface area contributed by atoms with Gasteiger partial charge >= 0.3 is 0 Å². The third-order valence-electron chi connectivity index (χ3n) is 3.36. The van der Waals surface area contributed by atoms with Crippen molar-refractivity contribution in [3.8, 4) is 0 Å². The van der Waals surface area contributed by atoms with Gasteiger partial charge in [0.05, 0.1) is 12.6 Å². The Hall–Kier alpha value is -1.88. The van der Waals surface area contributed by atoms with E-state index in [-0.39, 0.29) is 24.3 Å². The number of nitrogens with one attached hydrogen (secondary N) is 1. The number of para-hydroxylation sites is 1. The van der Waals surface area contributed by atoms with E-state index in [4.69, 9.17) is 5.73 Å². The molecule has 0 unspecified atom stereocenters. The fraction of sp³-hybridized carbons (Fsp3) is 0.467. The molecule has 5 heteroatoms. The highest BCUT2D eigenvalue weighted by Gasteiger charge is 2.23. The summed E-state index contributed by atoms with van der Waals surface area (Å²) >= 11 is 0. The third-order valence-corrected chi connectivity index (χ3v) is 3.36. The molecule has 2 amide bonds. The maximum absolute atomic E-state index is 12.1. The Bertz CT molecular complexity index is 448. The van der Waals surface area contributed by atoms with Crippen molar-refractivity contribution in [2.75, 3.05) is 18.9 Å². The largest absolute Gasteiger partial charge is 0.335 e. The fourth-order valence-electron chi connectivity index (χ4n) is 1.77. The van der Waals surface area contributed by atoms with Gasteiger partial charge in [0.2, 0.25) is 11.8 Å². The van der Waals surface area contributed by atoms with Crippen molar-refractivity contribution in [3.05, 3.63) is 30.3 Å². The highest BCUT2D eigenvalue weighted by Crippen LogP contribution is 2.08. The molecule has 0 saturated carbocycles. The number of carbonyl (C=O) groups is 2. The zero-order chi connectivity index (χ0) is 15.1. The van der Waals surface area contributed by atoms with E-state index in [1.165, 1.54) is 4.90 Å². The van der Waals surface area contributed by atoms with Crippen LogP contribution in [0.15, 0.2) is 30.3 Å². The van der Waals surface area contributed by atoms with Gasteiger partial charge in [-0.2, -0.15) is 0 Å². The monoisotopic (exact) mass is 277 g/mol. The first-order chi connectivity index (χ1) is 9.45. The molecule has 0 heterocycles. The van der Waals surface area contributed by atoms with Gasteiger partial charge in [0.15, 0.2) is 0 Å². The molecule has 5 nitrogen and oxygen atoms in total. The molecule has 0 aliphatic rings. The van der Waals surface area contributed by atoms with Gasteiger partial charge in [-0.3, -0.25) is 9.59 Å². The number of hydrogen-bond donors (Lipinski definition) is 2. The first kappa shape index (κ1) is 16.2. The molecule has 0 spiro atoms. The van der Waals surface area contributed by atoms with Crippen LogP contribution in [0, 0.1) is 5.92 Å². The second kappa shape index (κ2) is 7.65. The zero-order valence-corrected chi connectivity index (χ0v) is 12.3. The van der Waals surface area contributed by atoms with E-state index in [1.54, 1.807) is 19.2 Å². The minimum Gasteiger partial charge on any atom is -0.335 e. The Morgan fingerprint density at radius 1 is 1.30 bits per heavy atom. The minimum absolute atomic E-state index is 0.00212. The van der Waals surface area contributed by atoms with Gasteiger partial charge in [-0.15, -0.1) is 0 Å². The number of carbonyl (C=O) groups excluding carboxylic acids is 2. The molecule has 0 aromatic heterocycles. The van der Waals surface area contributed by atoms with Crippen molar-refractivity contribution in [2.24, 2.45) is 11.7 Å². The summed E-state index contributed by atoms with van der Waals surface area (Å²) in [4.78, 5) is 25.3. The van der Waals surface area contributed by atoms with E-state index < -0.39 is 6.04 Å². The molecule has 0 saturated heterocycles. The van der Waals surface area contributed by atoms with Gasteiger partial charge in [0.25, 0.3) is 0 Å². The second-order valence-electron chi connectivity index (χ2n) is 5.02. The number of anilines is 1. The molecule has 0 aliphatic heterocycles. The van der Waals surface area contributed by atoms with Crippen molar-refractivity contribution < 1.29 is 9.59 Å². The molecule has 110 valence electrons. The number of hydrogen-bond acceptors (Lipinski definition) is 3. The van der Waals surface area contributed by atoms with Gasteiger partial charge < -0.3 is 16.0 Å². The van der Waals surface area contributed by atoms with Crippen LogP contribution in [-0.2, 0) is 9.59 Å². The van der Waals surface area contributed by atoms with Crippen LogP contribution in [0.25, 0.3) is 0 Å². The number of nitrogens with two attached hydrogens (primary N) is 1. The number of likely N-dealkylation sites (N-methyl/N-ethyl adjacent to an activating group) is 1. The van der Waals surface area contributed by atoms with Gasteiger partial charge in [-0.1, -0.05) is 38.5 Å². The molecule has 1 aromatic carbocycles. The molecular weight excluding hydrogens is 254 g/mol. The number of amides is 2. The smallest absolute Gasteiger partial charge is 0.243 e. The Morgan fingerprint density at radius 2 is 1.90 bits per heavy atom. The molecule has 1 aromatic rings. The maximum atomic E-state index is 12.1. The summed E-state index contributed by atoms with van der Waals surface area (Å²) in [7, 11) is 1.59. The fourth-order valence-corrected chi connectivity index (χ4v) is 1.77. The van der Waals surface area contributed by atoms with Crippen molar-refractivity contribution in [2.45, 2.75) is 26.3 Å². The van der Waals surface area contributed by atoms with Crippen molar-refractivity contribution in [1.82, 2.24) is 4.90 Å².